The molecule has 0 heterocycles. The second-order valence-electron chi connectivity index (χ2n) is 5.12. The van der Waals surface area contributed by atoms with Gasteiger partial charge >= 0.3 is 0 Å². The molecule has 2 atom stereocenters. The van der Waals surface area contributed by atoms with Crippen LogP contribution in [0.5, 0.6) is 0 Å². The lowest BCUT2D eigenvalue weighted by Gasteiger charge is -2.44. The molecule has 1 rings (SSSR count). The summed E-state index contributed by atoms with van der Waals surface area (Å²) in [4.78, 5) is 0. The van der Waals surface area contributed by atoms with Crippen molar-refractivity contribution in [2.75, 3.05) is 6.61 Å². The minimum absolute atomic E-state index is 0.0746. The Labute approximate surface area is 74.6 Å². The first-order valence-corrected chi connectivity index (χ1v) is 4.71. The quantitative estimate of drug-likeness (QED) is 0.630. The van der Waals surface area contributed by atoms with Crippen LogP contribution in [0.4, 0.5) is 0 Å². The summed E-state index contributed by atoms with van der Waals surface area (Å²) in [6.45, 7) is 6.31. The minimum Gasteiger partial charge on any atom is -0.396 e. The van der Waals surface area contributed by atoms with Gasteiger partial charge in [-0.1, -0.05) is 13.8 Å². The van der Waals surface area contributed by atoms with Crippen LogP contribution in [0.15, 0.2) is 0 Å². The Balaban J connectivity index is 2.67. The first-order chi connectivity index (χ1) is 5.37. The third-order valence-corrected chi connectivity index (χ3v) is 3.11. The largest absolute Gasteiger partial charge is 0.396 e. The average Bonchev–Trinajstić information content (AvgIpc) is 1.83. The lowest BCUT2D eigenvalue weighted by Crippen LogP contribution is -2.45. The highest BCUT2D eigenvalue weighted by molar-refractivity contribution is 4.92. The summed E-state index contributed by atoms with van der Waals surface area (Å²) in [5, 5.41) is 19.0. The molecule has 1 aliphatic carbocycles. The second kappa shape index (κ2) is 3.00. The van der Waals surface area contributed by atoms with Crippen LogP contribution in [-0.2, 0) is 0 Å². The van der Waals surface area contributed by atoms with Crippen LogP contribution < -0.4 is 0 Å². The minimum atomic E-state index is -0.670. The summed E-state index contributed by atoms with van der Waals surface area (Å²) >= 11 is 0. The van der Waals surface area contributed by atoms with Gasteiger partial charge in [0.2, 0.25) is 0 Å². The van der Waals surface area contributed by atoms with Crippen LogP contribution in [0, 0.1) is 11.3 Å². The highest BCUT2D eigenvalue weighted by atomic mass is 16.3. The van der Waals surface area contributed by atoms with E-state index in [4.69, 9.17) is 5.11 Å². The van der Waals surface area contributed by atoms with Crippen molar-refractivity contribution in [2.24, 2.45) is 11.3 Å². The monoisotopic (exact) mass is 172 g/mol. The predicted octanol–water partition coefficient (Wildman–Crippen LogP) is 1.56. The number of hydrogen-bond donors (Lipinski definition) is 2. The van der Waals surface area contributed by atoms with Gasteiger partial charge in [-0.05, 0) is 31.6 Å². The molecule has 2 unspecified atom stereocenters. The second-order valence-corrected chi connectivity index (χ2v) is 5.12. The van der Waals surface area contributed by atoms with Gasteiger partial charge in [0.25, 0.3) is 0 Å². The van der Waals surface area contributed by atoms with Gasteiger partial charge in [0.05, 0.1) is 5.60 Å². The van der Waals surface area contributed by atoms with E-state index in [0.717, 1.165) is 19.3 Å². The van der Waals surface area contributed by atoms with Crippen molar-refractivity contribution >= 4 is 0 Å². The van der Waals surface area contributed by atoms with Crippen LogP contribution in [0.25, 0.3) is 0 Å². The van der Waals surface area contributed by atoms with Crippen molar-refractivity contribution in [2.45, 2.75) is 45.6 Å². The van der Waals surface area contributed by atoms with Crippen molar-refractivity contribution in [3.05, 3.63) is 0 Å². The highest BCUT2D eigenvalue weighted by Gasteiger charge is 2.41. The van der Waals surface area contributed by atoms with Gasteiger partial charge in [-0.3, -0.25) is 0 Å². The molecule has 0 amide bonds. The third kappa shape index (κ3) is 1.99. The smallest absolute Gasteiger partial charge is 0.0674 e. The lowest BCUT2D eigenvalue weighted by molar-refractivity contribution is -0.0871. The van der Waals surface area contributed by atoms with E-state index in [0.29, 0.717) is 0 Å². The first-order valence-electron chi connectivity index (χ1n) is 4.71. The Bertz CT molecular complexity index is 161. The maximum atomic E-state index is 10.0. The van der Waals surface area contributed by atoms with E-state index in [-0.39, 0.29) is 17.9 Å². The Hall–Kier alpha value is -0.0800. The number of rotatable bonds is 1. The molecule has 2 heteroatoms. The average molecular weight is 172 g/mol. The summed E-state index contributed by atoms with van der Waals surface area (Å²) in [6, 6.07) is 0. The molecule has 2 N–H and O–H groups in total. The SMILES string of the molecule is CC1(C)CCC(CO)C(C)(O)C1. The topological polar surface area (TPSA) is 40.5 Å². The summed E-state index contributed by atoms with van der Waals surface area (Å²) in [5.74, 6) is 0.0746. The normalized spacial score (nSPS) is 41.2. The molecular formula is C10H20O2. The number of aliphatic hydroxyl groups is 2. The molecule has 0 aromatic heterocycles. The number of aliphatic hydroxyl groups excluding tert-OH is 1. The molecule has 12 heavy (non-hydrogen) atoms. The molecule has 1 fully saturated rings. The fraction of sp³-hybridized carbons (Fsp3) is 1.00. The standard InChI is InChI=1S/C10H20O2/c1-9(2)5-4-8(6-11)10(3,12)7-9/h8,11-12H,4-7H2,1-3H3. The fourth-order valence-corrected chi connectivity index (χ4v) is 2.37. The van der Waals surface area contributed by atoms with Gasteiger partial charge in [0.15, 0.2) is 0 Å². The van der Waals surface area contributed by atoms with E-state index in [1.165, 1.54) is 0 Å². The Morgan fingerprint density at radius 1 is 1.33 bits per heavy atom. The fourth-order valence-electron chi connectivity index (χ4n) is 2.37. The van der Waals surface area contributed by atoms with Crippen LogP contribution in [0.3, 0.4) is 0 Å². The molecule has 1 aliphatic rings. The van der Waals surface area contributed by atoms with Crippen LogP contribution in [-0.4, -0.2) is 22.4 Å². The Kier molecular flexibility index (Phi) is 2.50. The van der Waals surface area contributed by atoms with Crippen LogP contribution in [0.1, 0.15) is 40.0 Å². The molecule has 0 radical (unpaired) electrons. The van der Waals surface area contributed by atoms with Gasteiger partial charge < -0.3 is 10.2 Å². The zero-order chi connectivity index (χ0) is 9.41. The maximum absolute atomic E-state index is 10.0. The molecule has 1 saturated carbocycles. The Morgan fingerprint density at radius 2 is 1.92 bits per heavy atom. The van der Waals surface area contributed by atoms with Gasteiger partial charge in [-0.15, -0.1) is 0 Å². The van der Waals surface area contributed by atoms with Crippen LogP contribution >= 0.6 is 0 Å². The molecule has 0 aromatic rings. The maximum Gasteiger partial charge on any atom is 0.0674 e. The van der Waals surface area contributed by atoms with Crippen molar-refractivity contribution in [1.29, 1.82) is 0 Å². The van der Waals surface area contributed by atoms with E-state index in [9.17, 15) is 5.11 Å². The van der Waals surface area contributed by atoms with Gasteiger partial charge in [-0.2, -0.15) is 0 Å². The molecule has 72 valence electrons. The Morgan fingerprint density at radius 3 is 2.33 bits per heavy atom. The van der Waals surface area contributed by atoms with Gasteiger partial charge in [-0.25, -0.2) is 0 Å². The summed E-state index contributed by atoms with van der Waals surface area (Å²) < 4.78 is 0. The van der Waals surface area contributed by atoms with Crippen molar-refractivity contribution < 1.29 is 10.2 Å². The first kappa shape index (κ1) is 10.0. The molecule has 2 nitrogen and oxygen atoms in total. The molecule has 0 aliphatic heterocycles. The zero-order valence-electron chi connectivity index (χ0n) is 8.30. The van der Waals surface area contributed by atoms with E-state index in [1.54, 1.807) is 0 Å². The highest BCUT2D eigenvalue weighted by Crippen LogP contribution is 2.43. The van der Waals surface area contributed by atoms with Gasteiger partial charge in [0.1, 0.15) is 0 Å². The molecular weight excluding hydrogens is 152 g/mol. The molecule has 0 saturated heterocycles. The van der Waals surface area contributed by atoms with E-state index < -0.39 is 5.60 Å². The molecule has 0 bridgehead atoms. The summed E-state index contributed by atoms with van der Waals surface area (Å²) in [6.07, 6.45) is 2.84. The lowest BCUT2D eigenvalue weighted by atomic mass is 9.65. The molecule has 0 spiro atoms. The van der Waals surface area contributed by atoms with Crippen molar-refractivity contribution in [3.63, 3.8) is 0 Å². The zero-order valence-corrected chi connectivity index (χ0v) is 8.30. The predicted molar refractivity (Wildman–Crippen MR) is 48.8 cm³/mol. The van der Waals surface area contributed by atoms with Crippen molar-refractivity contribution in [3.8, 4) is 0 Å². The van der Waals surface area contributed by atoms with Gasteiger partial charge in [0, 0.05) is 12.5 Å². The molecule has 0 aromatic carbocycles. The summed E-state index contributed by atoms with van der Waals surface area (Å²) in [5.41, 5.74) is -0.439. The van der Waals surface area contributed by atoms with E-state index in [2.05, 4.69) is 13.8 Å². The third-order valence-electron chi connectivity index (χ3n) is 3.11. The van der Waals surface area contributed by atoms with Crippen molar-refractivity contribution in [1.82, 2.24) is 0 Å². The number of hydrogen-bond acceptors (Lipinski definition) is 2. The van der Waals surface area contributed by atoms with E-state index >= 15 is 0 Å². The van der Waals surface area contributed by atoms with Crippen LogP contribution in [0.2, 0.25) is 0 Å². The summed E-state index contributed by atoms with van der Waals surface area (Å²) in [7, 11) is 0. The van der Waals surface area contributed by atoms with E-state index in [1.807, 2.05) is 6.92 Å².